The highest BCUT2D eigenvalue weighted by atomic mass is 16.6. The van der Waals surface area contributed by atoms with Gasteiger partial charge in [-0.2, -0.15) is 0 Å². The molecule has 0 atom stereocenters. The Hall–Kier alpha value is -2.24. The Bertz CT molecular complexity index is 623. The van der Waals surface area contributed by atoms with Crippen LogP contribution in [0.3, 0.4) is 0 Å². The van der Waals surface area contributed by atoms with E-state index in [2.05, 4.69) is 5.32 Å². The molecule has 1 aromatic carbocycles. The van der Waals surface area contributed by atoms with Crippen molar-refractivity contribution in [2.45, 2.75) is 58.1 Å². The predicted octanol–water partition coefficient (Wildman–Crippen LogP) is 4.09. The summed E-state index contributed by atoms with van der Waals surface area (Å²) in [6, 6.07) is 7.78. The van der Waals surface area contributed by atoms with Crippen LogP contribution in [-0.4, -0.2) is 29.4 Å². The van der Waals surface area contributed by atoms with Crippen LogP contribution < -0.4 is 10.2 Å². The quantitative estimate of drug-likeness (QED) is 0.821. The molecule has 1 aliphatic heterocycles. The van der Waals surface area contributed by atoms with Gasteiger partial charge in [0.1, 0.15) is 5.60 Å². The van der Waals surface area contributed by atoms with Crippen LogP contribution in [0.15, 0.2) is 24.3 Å². The smallest absolute Gasteiger partial charge is 0.415 e. The second kappa shape index (κ2) is 6.71. The number of nitrogens with one attached hydrogen (secondary N) is 1. The number of rotatable bonds is 6. The molecule has 0 fully saturated rings. The lowest BCUT2D eigenvalue weighted by Crippen LogP contribution is -2.49. The fraction of sp³-hybridized carbons (Fsp3) is 0.556. The van der Waals surface area contributed by atoms with Crippen molar-refractivity contribution in [1.82, 2.24) is 5.32 Å². The molecule has 0 aromatic heterocycles. The molecule has 2 rings (SSSR count). The van der Waals surface area contributed by atoms with E-state index in [4.69, 9.17) is 9.84 Å². The van der Waals surface area contributed by atoms with Crippen molar-refractivity contribution in [3.63, 3.8) is 0 Å². The highest BCUT2D eigenvalue weighted by Crippen LogP contribution is 2.43. The summed E-state index contributed by atoms with van der Waals surface area (Å²) in [5.74, 6) is 0. The van der Waals surface area contributed by atoms with Crippen LogP contribution in [-0.2, 0) is 10.3 Å². The summed E-state index contributed by atoms with van der Waals surface area (Å²) >= 11 is 0. The van der Waals surface area contributed by atoms with Gasteiger partial charge in [-0.15, -0.1) is 0 Å². The summed E-state index contributed by atoms with van der Waals surface area (Å²) in [5.41, 5.74) is 0.645. The molecule has 132 valence electrons. The first kappa shape index (κ1) is 18.1. The van der Waals surface area contributed by atoms with E-state index < -0.39 is 17.2 Å². The third kappa shape index (κ3) is 3.47. The van der Waals surface area contributed by atoms with E-state index >= 15 is 0 Å². The number of cyclic esters (lactones) is 1. The number of carbonyl (C=O) groups is 2. The minimum atomic E-state index is -1.07. The van der Waals surface area contributed by atoms with Gasteiger partial charge in [-0.1, -0.05) is 32.0 Å². The monoisotopic (exact) mass is 334 g/mol. The van der Waals surface area contributed by atoms with Gasteiger partial charge < -0.3 is 15.2 Å². The van der Waals surface area contributed by atoms with E-state index in [1.54, 1.807) is 18.7 Å². The van der Waals surface area contributed by atoms with E-state index in [9.17, 15) is 9.59 Å². The normalized spacial score (nSPS) is 16.3. The van der Waals surface area contributed by atoms with Gasteiger partial charge in [0, 0.05) is 17.6 Å². The molecule has 6 heteroatoms. The molecule has 24 heavy (non-hydrogen) atoms. The maximum absolute atomic E-state index is 12.6. The zero-order chi connectivity index (χ0) is 18.0. The highest BCUT2D eigenvalue weighted by Gasteiger charge is 2.42. The lowest BCUT2D eigenvalue weighted by Gasteiger charge is -2.42. The number of hydrogen-bond donors (Lipinski definition) is 2. The molecule has 0 spiro atoms. The zero-order valence-corrected chi connectivity index (χ0v) is 14.8. The first-order valence-corrected chi connectivity index (χ1v) is 8.36. The first-order valence-electron chi connectivity index (χ1n) is 8.36. The summed E-state index contributed by atoms with van der Waals surface area (Å²) < 4.78 is 5.81. The zero-order valence-electron chi connectivity index (χ0n) is 14.8. The summed E-state index contributed by atoms with van der Waals surface area (Å²) in [6.07, 6.45) is 0.466. The van der Waals surface area contributed by atoms with Crippen molar-refractivity contribution in [3.05, 3.63) is 29.8 Å². The number of anilines is 1. The average molecular weight is 334 g/mol. The van der Waals surface area contributed by atoms with Crippen molar-refractivity contribution < 1.29 is 19.4 Å². The first-order chi connectivity index (χ1) is 11.2. The lowest BCUT2D eigenvalue weighted by molar-refractivity contribution is -0.00129. The van der Waals surface area contributed by atoms with E-state index in [1.165, 1.54) is 0 Å². The molecule has 2 N–H and O–H groups in total. The minimum absolute atomic E-state index is 0.372. The third-order valence-corrected chi connectivity index (χ3v) is 4.74. The summed E-state index contributed by atoms with van der Waals surface area (Å²) in [6.45, 7) is 8.01. The molecule has 1 aromatic rings. The summed E-state index contributed by atoms with van der Waals surface area (Å²) in [4.78, 5) is 25.1. The van der Waals surface area contributed by atoms with E-state index in [0.29, 0.717) is 25.8 Å². The van der Waals surface area contributed by atoms with Crippen LogP contribution in [0.5, 0.6) is 0 Å². The molecule has 0 saturated heterocycles. The number of para-hydroxylation sites is 1. The van der Waals surface area contributed by atoms with Crippen LogP contribution in [0.2, 0.25) is 0 Å². The number of carbonyl (C=O) groups excluding carboxylic acids is 1. The van der Waals surface area contributed by atoms with Gasteiger partial charge in [-0.05, 0) is 39.2 Å². The minimum Gasteiger partial charge on any atom is -0.465 e. The number of nitrogens with zero attached hydrogens (tertiary/aromatic N) is 1. The van der Waals surface area contributed by atoms with Crippen LogP contribution in [0.25, 0.3) is 0 Å². The van der Waals surface area contributed by atoms with Gasteiger partial charge in [0.2, 0.25) is 0 Å². The molecule has 1 aliphatic rings. The van der Waals surface area contributed by atoms with E-state index in [0.717, 1.165) is 11.3 Å². The van der Waals surface area contributed by atoms with Crippen LogP contribution in [0.1, 0.15) is 52.5 Å². The van der Waals surface area contributed by atoms with Crippen molar-refractivity contribution >= 4 is 17.9 Å². The summed E-state index contributed by atoms with van der Waals surface area (Å²) in [7, 11) is 0. The van der Waals surface area contributed by atoms with Crippen LogP contribution >= 0.6 is 0 Å². The number of ether oxygens (including phenoxy) is 1. The Balaban J connectivity index is 2.28. The third-order valence-electron chi connectivity index (χ3n) is 4.74. The SMILES string of the molecule is CCC1(CC)OC(=O)N(CCC(C)(C)NC(=O)O)c2ccccc21. The van der Waals surface area contributed by atoms with Gasteiger partial charge in [-0.25, -0.2) is 9.59 Å². The number of carboxylic acid groups (broad SMARTS) is 1. The van der Waals surface area contributed by atoms with E-state index in [1.807, 2.05) is 38.1 Å². The number of benzene rings is 1. The second-order valence-electron chi connectivity index (χ2n) is 6.80. The van der Waals surface area contributed by atoms with Gasteiger partial charge in [-0.3, -0.25) is 4.90 Å². The Morgan fingerprint density at radius 1 is 1.29 bits per heavy atom. The molecule has 0 saturated carbocycles. The number of hydrogen-bond acceptors (Lipinski definition) is 3. The van der Waals surface area contributed by atoms with Crippen molar-refractivity contribution in [1.29, 1.82) is 0 Å². The van der Waals surface area contributed by atoms with Gasteiger partial charge in [0.15, 0.2) is 0 Å². The largest absolute Gasteiger partial charge is 0.465 e. The van der Waals surface area contributed by atoms with Crippen molar-refractivity contribution in [2.75, 3.05) is 11.4 Å². The maximum atomic E-state index is 12.6. The highest BCUT2D eigenvalue weighted by molar-refractivity contribution is 5.91. The molecule has 0 radical (unpaired) electrons. The topological polar surface area (TPSA) is 78.9 Å². The predicted molar refractivity (Wildman–Crippen MR) is 92.4 cm³/mol. The Kier molecular flexibility index (Phi) is 5.06. The molecular formula is C18H26N2O4. The summed E-state index contributed by atoms with van der Waals surface area (Å²) in [5, 5.41) is 11.4. The fourth-order valence-electron chi connectivity index (χ4n) is 3.20. The average Bonchev–Trinajstić information content (AvgIpc) is 2.52. The van der Waals surface area contributed by atoms with Gasteiger partial charge in [0.05, 0.1) is 5.69 Å². The standard InChI is InChI=1S/C18H26N2O4/c1-5-18(6-2)13-9-7-8-10-14(13)20(16(23)24-18)12-11-17(3,4)19-15(21)22/h7-10,19H,5-6,11-12H2,1-4H3,(H,21,22). The molecule has 0 unspecified atom stereocenters. The van der Waals surface area contributed by atoms with Crippen molar-refractivity contribution in [2.24, 2.45) is 0 Å². The molecule has 2 amide bonds. The molecular weight excluding hydrogens is 308 g/mol. The number of fused-ring (bicyclic) bond motifs is 1. The fourth-order valence-corrected chi connectivity index (χ4v) is 3.20. The van der Waals surface area contributed by atoms with Gasteiger partial charge >= 0.3 is 12.2 Å². The van der Waals surface area contributed by atoms with Crippen molar-refractivity contribution in [3.8, 4) is 0 Å². The Morgan fingerprint density at radius 2 is 1.92 bits per heavy atom. The Morgan fingerprint density at radius 3 is 2.50 bits per heavy atom. The molecule has 6 nitrogen and oxygen atoms in total. The van der Waals surface area contributed by atoms with Crippen LogP contribution in [0.4, 0.5) is 15.3 Å². The van der Waals surface area contributed by atoms with Gasteiger partial charge in [0.25, 0.3) is 0 Å². The molecule has 0 bridgehead atoms. The maximum Gasteiger partial charge on any atom is 0.415 e. The van der Waals surface area contributed by atoms with Crippen LogP contribution in [0, 0.1) is 0 Å². The molecule has 1 heterocycles. The lowest BCUT2D eigenvalue weighted by atomic mass is 9.85. The Labute approximate surface area is 142 Å². The molecule has 0 aliphatic carbocycles. The second-order valence-corrected chi connectivity index (χ2v) is 6.80. The number of amides is 2. The van der Waals surface area contributed by atoms with E-state index in [-0.39, 0.29) is 6.09 Å².